The minimum Gasteiger partial charge on any atom is -0.324 e. The molecule has 0 bridgehead atoms. The van der Waals surface area contributed by atoms with Crippen LogP contribution in [0.5, 0.6) is 0 Å². The highest BCUT2D eigenvalue weighted by Gasteiger charge is 2.34. The van der Waals surface area contributed by atoms with Crippen molar-refractivity contribution < 1.29 is 18.0 Å². The molecule has 1 atom stereocenters. The highest BCUT2D eigenvalue weighted by molar-refractivity contribution is 6.30. The van der Waals surface area contributed by atoms with Crippen molar-refractivity contribution in [1.82, 2.24) is 4.90 Å². The Bertz CT molecular complexity index is 836. The van der Waals surface area contributed by atoms with Crippen molar-refractivity contribution in [2.45, 2.75) is 39.5 Å². The number of hydrogen-bond donors (Lipinski definition) is 1. The van der Waals surface area contributed by atoms with Crippen molar-refractivity contribution in [3.05, 3.63) is 63.7 Å². The number of rotatable bonds is 5. The molecule has 3 nitrogen and oxygen atoms in total. The van der Waals surface area contributed by atoms with Crippen LogP contribution in [0.25, 0.3) is 0 Å². The van der Waals surface area contributed by atoms with Crippen LogP contribution in [0.2, 0.25) is 5.02 Å². The number of likely N-dealkylation sites (N-methyl/N-ethyl adjacent to an activating group) is 1. The molecule has 0 aliphatic heterocycles. The van der Waals surface area contributed by atoms with Gasteiger partial charge in [-0.25, -0.2) is 0 Å². The van der Waals surface area contributed by atoms with Gasteiger partial charge >= 0.3 is 6.18 Å². The van der Waals surface area contributed by atoms with E-state index in [1.54, 1.807) is 18.9 Å². The second kappa shape index (κ2) is 8.31. The molecule has 2 rings (SSSR count). The van der Waals surface area contributed by atoms with Gasteiger partial charge in [-0.05, 0) is 57.1 Å². The lowest BCUT2D eigenvalue weighted by atomic mass is 10.0. The average molecular weight is 399 g/mol. The molecular weight excluding hydrogens is 377 g/mol. The average Bonchev–Trinajstić information content (AvgIpc) is 2.57. The van der Waals surface area contributed by atoms with Crippen LogP contribution in [-0.2, 0) is 17.5 Å². The largest absolute Gasteiger partial charge is 0.418 e. The van der Waals surface area contributed by atoms with Gasteiger partial charge in [0.15, 0.2) is 0 Å². The van der Waals surface area contributed by atoms with Gasteiger partial charge in [-0.1, -0.05) is 35.4 Å². The SMILES string of the molecule is Cc1ccc(CN(C)[C@H](C)C(=O)Nc2ccc(Cl)cc2C(F)(F)F)c(C)c1. The molecule has 146 valence electrons. The molecule has 0 saturated carbocycles. The fourth-order valence-corrected chi connectivity index (χ4v) is 2.90. The van der Waals surface area contributed by atoms with E-state index in [9.17, 15) is 18.0 Å². The summed E-state index contributed by atoms with van der Waals surface area (Å²) in [7, 11) is 1.76. The Labute approximate surface area is 162 Å². The van der Waals surface area contributed by atoms with Gasteiger partial charge in [0.05, 0.1) is 17.3 Å². The fraction of sp³-hybridized carbons (Fsp3) is 0.350. The quantitative estimate of drug-likeness (QED) is 0.727. The van der Waals surface area contributed by atoms with Gasteiger partial charge in [-0.15, -0.1) is 0 Å². The lowest BCUT2D eigenvalue weighted by Gasteiger charge is -2.25. The van der Waals surface area contributed by atoms with Gasteiger partial charge in [0, 0.05) is 11.6 Å². The third-order valence-corrected chi connectivity index (χ3v) is 4.74. The predicted molar refractivity (Wildman–Crippen MR) is 102 cm³/mol. The van der Waals surface area contributed by atoms with E-state index in [4.69, 9.17) is 11.6 Å². The molecule has 0 aliphatic carbocycles. The van der Waals surface area contributed by atoms with E-state index in [2.05, 4.69) is 11.4 Å². The van der Waals surface area contributed by atoms with Crippen molar-refractivity contribution in [3.63, 3.8) is 0 Å². The normalized spacial score (nSPS) is 12.9. The number of amides is 1. The molecule has 0 unspecified atom stereocenters. The standard InChI is InChI=1S/C20H22ClF3N2O/c1-12-5-6-15(13(2)9-12)11-26(4)14(3)19(27)25-18-8-7-16(21)10-17(18)20(22,23)24/h5-10,14H,11H2,1-4H3,(H,25,27)/t14-/m1/s1. The van der Waals surface area contributed by atoms with Crippen molar-refractivity contribution in [3.8, 4) is 0 Å². The molecule has 0 heterocycles. The van der Waals surface area contributed by atoms with Crippen LogP contribution in [-0.4, -0.2) is 23.9 Å². The molecule has 0 saturated heterocycles. The molecule has 1 amide bonds. The summed E-state index contributed by atoms with van der Waals surface area (Å²) in [6, 6.07) is 8.70. The lowest BCUT2D eigenvalue weighted by molar-refractivity contribution is -0.137. The van der Waals surface area contributed by atoms with E-state index in [0.29, 0.717) is 6.54 Å². The fourth-order valence-electron chi connectivity index (χ4n) is 2.73. The number of carbonyl (C=O) groups is 1. The van der Waals surface area contributed by atoms with E-state index in [-0.39, 0.29) is 10.7 Å². The molecular formula is C20H22ClF3N2O. The number of halogens is 4. The number of benzene rings is 2. The number of anilines is 1. The summed E-state index contributed by atoms with van der Waals surface area (Å²) in [5.74, 6) is -0.518. The third-order valence-electron chi connectivity index (χ3n) is 4.50. The number of nitrogens with zero attached hydrogens (tertiary/aromatic N) is 1. The maximum atomic E-state index is 13.2. The first kappa shape index (κ1) is 21.3. The zero-order chi connectivity index (χ0) is 20.4. The zero-order valence-electron chi connectivity index (χ0n) is 15.6. The minimum atomic E-state index is -4.61. The van der Waals surface area contributed by atoms with E-state index in [1.807, 2.05) is 26.0 Å². The van der Waals surface area contributed by atoms with Crippen LogP contribution >= 0.6 is 11.6 Å². The molecule has 7 heteroatoms. The summed E-state index contributed by atoms with van der Waals surface area (Å²) in [5, 5.41) is 2.33. The summed E-state index contributed by atoms with van der Waals surface area (Å²) >= 11 is 5.67. The molecule has 0 spiro atoms. The van der Waals surface area contributed by atoms with Crippen LogP contribution in [0.4, 0.5) is 18.9 Å². The molecule has 0 aliphatic rings. The summed E-state index contributed by atoms with van der Waals surface area (Å²) in [5.41, 5.74) is 2.04. The van der Waals surface area contributed by atoms with Crippen molar-refractivity contribution >= 4 is 23.2 Å². The minimum absolute atomic E-state index is 0.0414. The van der Waals surface area contributed by atoms with Crippen LogP contribution in [0.15, 0.2) is 36.4 Å². The predicted octanol–water partition coefficient (Wildman–Crippen LogP) is 5.43. The molecule has 0 fully saturated rings. The second-order valence-electron chi connectivity index (χ2n) is 6.70. The smallest absolute Gasteiger partial charge is 0.324 e. The Morgan fingerprint density at radius 2 is 1.85 bits per heavy atom. The number of alkyl halides is 3. The number of aryl methyl sites for hydroxylation is 2. The molecule has 0 radical (unpaired) electrons. The highest BCUT2D eigenvalue weighted by Crippen LogP contribution is 2.36. The first-order valence-electron chi connectivity index (χ1n) is 8.43. The number of nitrogens with one attached hydrogen (secondary N) is 1. The zero-order valence-corrected chi connectivity index (χ0v) is 16.4. The number of carbonyl (C=O) groups excluding carboxylic acids is 1. The number of hydrogen-bond acceptors (Lipinski definition) is 2. The third kappa shape index (κ3) is 5.47. The van der Waals surface area contributed by atoms with Crippen molar-refractivity contribution in [1.29, 1.82) is 0 Å². The Morgan fingerprint density at radius 1 is 1.19 bits per heavy atom. The monoisotopic (exact) mass is 398 g/mol. The van der Waals surface area contributed by atoms with Gasteiger partial charge in [0.1, 0.15) is 0 Å². The van der Waals surface area contributed by atoms with E-state index < -0.39 is 23.7 Å². The van der Waals surface area contributed by atoms with Gasteiger partial charge in [0.25, 0.3) is 0 Å². The van der Waals surface area contributed by atoms with Crippen LogP contribution < -0.4 is 5.32 Å². The highest BCUT2D eigenvalue weighted by atomic mass is 35.5. The van der Waals surface area contributed by atoms with Gasteiger partial charge in [0.2, 0.25) is 5.91 Å². The van der Waals surface area contributed by atoms with Crippen molar-refractivity contribution in [2.24, 2.45) is 0 Å². The van der Waals surface area contributed by atoms with Gasteiger partial charge in [-0.3, -0.25) is 9.69 Å². The summed E-state index contributed by atoms with van der Waals surface area (Å²) < 4.78 is 39.5. The molecule has 0 aromatic heterocycles. The van der Waals surface area contributed by atoms with Crippen molar-refractivity contribution in [2.75, 3.05) is 12.4 Å². The Morgan fingerprint density at radius 3 is 2.44 bits per heavy atom. The van der Waals surface area contributed by atoms with E-state index in [1.165, 1.54) is 12.1 Å². The van der Waals surface area contributed by atoms with Crippen LogP contribution in [0.3, 0.4) is 0 Å². The summed E-state index contributed by atoms with van der Waals surface area (Å²) in [6.45, 7) is 6.15. The molecule has 1 N–H and O–H groups in total. The second-order valence-corrected chi connectivity index (χ2v) is 7.13. The summed E-state index contributed by atoms with van der Waals surface area (Å²) in [6.07, 6.45) is -4.61. The van der Waals surface area contributed by atoms with Crippen LogP contribution in [0.1, 0.15) is 29.2 Å². The summed E-state index contributed by atoms with van der Waals surface area (Å²) in [4.78, 5) is 14.3. The van der Waals surface area contributed by atoms with E-state index >= 15 is 0 Å². The topological polar surface area (TPSA) is 32.3 Å². The molecule has 27 heavy (non-hydrogen) atoms. The first-order chi connectivity index (χ1) is 12.5. The first-order valence-corrected chi connectivity index (χ1v) is 8.81. The van der Waals surface area contributed by atoms with Crippen LogP contribution in [0, 0.1) is 13.8 Å². The van der Waals surface area contributed by atoms with E-state index in [0.717, 1.165) is 22.8 Å². The lowest BCUT2D eigenvalue weighted by Crippen LogP contribution is -2.39. The Kier molecular flexibility index (Phi) is 6.54. The maximum absolute atomic E-state index is 13.2. The Balaban J connectivity index is 2.13. The maximum Gasteiger partial charge on any atom is 0.418 e. The van der Waals surface area contributed by atoms with Gasteiger partial charge in [-0.2, -0.15) is 13.2 Å². The molecule has 2 aromatic carbocycles. The molecule has 2 aromatic rings. The van der Waals surface area contributed by atoms with Gasteiger partial charge < -0.3 is 5.32 Å². The Hall–Kier alpha value is -2.05.